The highest BCUT2D eigenvalue weighted by Crippen LogP contribution is 2.36. The van der Waals surface area contributed by atoms with Gasteiger partial charge < -0.3 is 10.6 Å². The maximum Gasteiger partial charge on any atom is 0.221 e. The zero-order chi connectivity index (χ0) is 13.0. The molecule has 18 heavy (non-hydrogen) atoms. The Hall–Kier alpha value is -1.35. The van der Waals surface area contributed by atoms with Crippen LogP contribution in [0.2, 0.25) is 0 Å². The molecule has 1 amide bonds. The van der Waals surface area contributed by atoms with E-state index < -0.39 is 0 Å². The summed E-state index contributed by atoms with van der Waals surface area (Å²) in [4.78, 5) is 11.1. The summed E-state index contributed by atoms with van der Waals surface area (Å²) in [5, 5.41) is 6.07. The molecule has 0 heterocycles. The topological polar surface area (TPSA) is 41.1 Å². The van der Waals surface area contributed by atoms with Gasteiger partial charge in [0.1, 0.15) is 0 Å². The van der Waals surface area contributed by atoms with Crippen LogP contribution >= 0.6 is 0 Å². The van der Waals surface area contributed by atoms with Gasteiger partial charge in [0.15, 0.2) is 0 Å². The number of benzene rings is 1. The van der Waals surface area contributed by atoms with Gasteiger partial charge in [0.05, 0.1) is 0 Å². The van der Waals surface area contributed by atoms with Crippen molar-refractivity contribution < 1.29 is 4.79 Å². The molecular weight excluding hydrogens is 224 g/mol. The van der Waals surface area contributed by atoms with Crippen LogP contribution in [-0.2, 0) is 4.79 Å². The number of aryl methyl sites for hydroxylation is 1. The first-order valence-electron chi connectivity index (χ1n) is 6.69. The molecule has 1 saturated carbocycles. The molecular formula is C15H22N2O. The predicted octanol–water partition coefficient (Wildman–Crippen LogP) is 1.97. The fourth-order valence-corrected chi connectivity index (χ4v) is 2.41. The lowest BCUT2D eigenvalue weighted by molar-refractivity contribution is -0.120. The highest BCUT2D eigenvalue weighted by atomic mass is 16.1. The minimum Gasteiger partial charge on any atom is -0.359 e. The number of hydrogen-bond acceptors (Lipinski definition) is 2. The minimum atomic E-state index is 0.108. The van der Waals surface area contributed by atoms with E-state index in [0.717, 1.165) is 6.54 Å². The number of amides is 1. The van der Waals surface area contributed by atoms with Crippen LogP contribution in [0.15, 0.2) is 24.3 Å². The second-order valence-electron chi connectivity index (χ2n) is 5.15. The van der Waals surface area contributed by atoms with Gasteiger partial charge in [0.2, 0.25) is 5.91 Å². The van der Waals surface area contributed by atoms with Crippen LogP contribution in [0, 0.1) is 6.92 Å². The van der Waals surface area contributed by atoms with Gasteiger partial charge in [-0.15, -0.1) is 0 Å². The Kier molecular flexibility index (Phi) is 4.37. The SMILES string of the molecule is CNC(=O)CCNC1CC(c2ccc(C)cc2)C1. The number of hydrogen-bond donors (Lipinski definition) is 2. The molecule has 1 fully saturated rings. The summed E-state index contributed by atoms with van der Waals surface area (Å²) in [6.07, 6.45) is 2.95. The summed E-state index contributed by atoms with van der Waals surface area (Å²) in [7, 11) is 1.68. The average molecular weight is 246 g/mol. The van der Waals surface area contributed by atoms with Crippen LogP contribution in [0.4, 0.5) is 0 Å². The molecule has 0 aromatic heterocycles. The van der Waals surface area contributed by atoms with E-state index in [-0.39, 0.29) is 5.91 Å². The average Bonchev–Trinajstić information content (AvgIpc) is 2.33. The van der Waals surface area contributed by atoms with Gasteiger partial charge in [-0.3, -0.25) is 4.79 Å². The van der Waals surface area contributed by atoms with Crippen molar-refractivity contribution >= 4 is 5.91 Å². The van der Waals surface area contributed by atoms with Crippen LogP contribution in [0.5, 0.6) is 0 Å². The molecule has 0 aliphatic heterocycles. The molecule has 1 aliphatic carbocycles. The van der Waals surface area contributed by atoms with Crippen molar-refractivity contribution in [2.45, 2.75) is 38.1 Å². The van der Waals surface area contributed by atoms with Gasteiger partial charge >= 0.3 is 0 Å². The van der Waals surface area contributed by atoms with Gasteiger partial charge in [-0.05, 0) is 31.2 Å². The molecule has 1 aromatic rings. The van der Waals surface area contributed by atoms with Gasteiger partial charge in [-0.2, -0.15) is 0 Å². The van der Waals surface area contributed by atoms with Crippen LogP contribution in [0.1, 0.15) is 36.3 Å². The second kappa shape index (κ2) is 6.01. The van der Waals surface area contributed by atoms with Crippen molar-refractivity contribution in [2.24, 2.45) is 0 Å². The fourth-order valence-electron chi connectivity index (χ4n) is 2.41. The summed E-state index contributed by atoms with van der Waals surface area (Å²) >= 11 is 0. The standard InChI is InChI=1S/C15H22N2O/c1-11-3-5-12(6-4-11)13-9-14(10-13)17-8-7-15(18)16-2/h3-6,13-14,17H,7-10H2,1-2H3,(H,16,18). The Bertz CT molecular complexity index is 393. The number of carbonyl (C=O) groups is 1. The third-order valence-electron chi connectivity index (χ3n) is 3.75. The molecule has 0 saturated heterocycles. The van der Waals surface area contributed by atoms with Crippen molar-refractivity contribution in [3.05, 3.63) is 35.4 Å². The van der Waals surface area contributed by atoms with Crippen LogP contribution < -0.4 is 10.6 Å². The van der Waals surface area contributed by atoms with Crippen LogP contribution in [0.3, 0.4) is 0 Å². The largest absolute Gasteiger partial charge is 0.359 e. The summed E-state index contributed by atoms with van der Waals surface area (Å²) in [5.74, 6) is 0.806. The highest BCUT2D eigenvalue weighted by Gasteiger charge is 2.29. The zero-order valence-electron chi connectivity index (χ0n) is 11.2. The molecule has 1 aliphatic rings. The third kappa shape index (κ3) is 3.33. The second-order valence-corrected chi connectivity index (χ2v) is 5.15. The van der Waals surface area contributed by atoms with E-state index in [0.29, 0.717) is 18.4 Å². The van der Waals surface area contributed by atoms with E-state index in [9.17, 15) is 4.79 Å². The molecule has 3 nitrogen and oxygen atoms in total. The van der Waals surface area contributed by atoms with Crippen LogP contribution in [0.25, 0.3) is 0 Å². The lowest BCUT2D eigenvalue weighted by Crippen LogP contribution is -2.41. The van der Waals surface area contributed by atoms with E-state index >= 15 is 0 Å². The van der Waals surface area contributed by atoms with Gasteiger partial charge in [0.25, 0.3) is 0 Å². The van der Waals surface area contributed by atoms with Crippen molar-refractivity contribution in [1.82, 2.24) is 10.6 Å². The van der Waals surface area contributed by atoms with Crippen LogP contribution in [-0.4, -0.2) is 25.5 Å². The molecule has 0 bridgehead atoms. The Morgan fingerprint density at radius 1 is 1.28 bits per heavy atom. The third-order valence-corrected chi connectivity index (χ3v) is 3.75. The normalized spacial score (nSPS) is 22.3. The maximum absolute atomic E-state index is 11.1. The molecule has 0 spiro atoms. The summed E-state index contributed by atoms with van der Waals surface area (Å²) in [6.45, 7) is 2.90. The molecule has 0 radical (unpaired) electrons. The monoisotopic (exact) mass is 246 g/mol. The van der Waals surface area contributed by atoms with Gasteiger partial charge in [0, 0.05) is 26.1 Å². The van der Waals surface area contributed by atoms with E-state index in [1.165, 1.54) is 24.0 Å². The first-order chi connectivity index (χ1) is 8.69. The Morgan fingerprint density at radius 3 is 2.56 bits per heavy atom. The molecule has 1 aromatic carbocycles. The zero-order valence-corrected chi connectivity index (χ0v) is 11.2. The Balaban J connectivity index is 1.67. The molecule has 2 N–H and O–H groups in total. The summed E-state index contributed by atoms with van der Waals surface area (Å²) < 4.78 is 0. The van der Waals surface area contributed by atoms with Crippen molar-refractivity contribution in [2.75, 3.05) is 13.6 Å². The lowest BCUT2D eigenvalue weighted by Gasteiger charge is -2.36. The van der Waals surface area contributed by atoms with Gasteiger partial charge in [-0.25, -0.2) is 0 Å². The number of rotatable bonds is 5. The van der Waals surface area contributed by atoms with E-state index in [2.05, 4.69) is 41.8 Å². The first kappa shape index (κ1) is 13.1. The van der Waals surface area contributed by atoms with Crippen molar-refractivity contribution in [3.8, 4) is 0 Å². The number of nitrogens with one attached hydrogen (secondary N) is 2. The molecule has 0 atom stereocenters. The number of carbonyl (C=O) groups excluding carboxylic acids is 1. The Morgan fingerprint density at radius 2 is 1.94 bits per heavy atom. The molecule has 2 rings (SSSR count). The molecule has 0 unspecified atom stereocenters. The maximum atomic E-state index is 11.1. The smallest absolute Gasteiger partial charge is 0.221 e. The molecule has 3 heteroatoms. The predicted molar refractivity (Wildman–Crippen MR) is 73.6 cm³/mol. The van der Waals surface area contributed by atoms with Crippen molar-refractivity contribution in [1.29, 1.82) is 0 Å². The summed E-state index contributed by atoms with van der Waals surface area (Å²) in [5.41, 5.74) is 2.77. The highest BCUT2D eigenvalue weighted by molar-refractivity contribution is 5.75. The minimum absolute atomic E-state index is 0.108. The van der Waals surface area contributed by atoms with E-state index in [1.54, 1.807) is 7.05 Å². The molecule has 98 valence electrons. The summed E-state index contributed by atoms with van der Waals surface area (Å²) in [6, 6.07) is 9.42. The fraction of sp³-hybridized carbons (Fsp3) is 0.533. The van der Waals surface area contributed by atoms with Crippen molar-refractivity contribution in [3.63, 3.8) is 0 Å². The lowest BCUT2D eigenvalue weighted by atomic mass is 9.76. The quantitative estimate of drug-likeness (QED) is 0.834. The Labute approximate surface area is 109 Å². The first-order valence-corrected chi connectivity index (χ1v) is 6.69. The van der Waals surface area contributed by atoms with Gasteiger partial charge in [-0.1, -0.05) is 29.8 Å². The van der Waals surface area contributed by atoms with E-state index in [1.807, 2.05) is 0 Å². The van der Waals surface area contributed by atoms with E-state index in [4.69, 9.17) is 0 Å².